The molecule has 0 bridgehead atoms. The molecule has 0 aliphatic carbocycles. The smallest absolute Gasteiger partial charge is 0.268 e. The van der Waals surface area contributed by atoms with Crippen LogP contribution in [0, 0.1) is 0 Å². The molecule has 0 fully saturated rings. The molecule has 0 saturated carbocycles. The maximum atomic E-state index is 13.8. The van der Waals surface area contributed by atoms with E-state index in [1.165, 1.54) is 23.1 Å². The minimum Gasteiger partial charge on any atom is -0.497 e. The number of methoxy groups -OCH3 is 1. The van der Waals surface area contributed by atoms with Crippen molar-refractivity contribution in [2.24, 2.45) is 0 Å². The van der Waals surface area contributed by atoms with Crippen molar-refractivity contribution < 1.29 is 9.53 Å². The molecular weight excluding hydrogens is 464 g/mol. The number of ketones is 1. The van der Waals surface area contributed by atoms with E-state index in [9.17, 15) is 9.59 Å². The Morgan fingerprint density at radius 3 is 2.32 bits per heavy atom. The second kappa shape index (κ2) is 9.67. The highest BCUT2D eigenvalue weighted by Gasteiger charge is 2.19. The zero-order valence-corrected chi connectivity index (χ0v) is 19.9. The maximum absolute atomic E-state index is 13.8. The molecule has 2 aromatic heterocycles. The van der Waals surface area contributed by atoms with Gasteiger partial charge in [-0.2, -0.15) is 0 Å². The zero-order valence-electron chi connectivity index (χ0n) is 18.3. The number of rotatable bonds is 7. The first-order chi connectivity index (χ1) is 16.7. The highest BCUT2D eigenvalue weighted by atomic mass is 32.2. The summed E-state index contributed by atoms with van der Waals surface area (Å²) in [5, 5.41) is 3.05. The number of nitrogens with zero attached hydrogens (tertiary/aromatic N) is 2. The lowest BCUT2D eigenvalue weighted by Crippen LogP contribution is -2.22. The Morgan fingerprint density at radius 1 is 0.971 bits per heavy atom. The molecule has 7 heteroatoms. The molecular formula is C27H20N2O3S2. The van der Waals surface area contributed by atoms with E-state index >= 15 is 0 Å². The lowest BCUT2D eigenvalue weighted by atomic mass is 10.1. The Kier molecular flexibility index (Phi) is 6.29. The minimum absolute atomic E-state index is 0.0437. The minimum atomic E-state index is -0.143. The van der Waals surface area contributed by atoms with Crippen LogP contribution in [0.5, 0.6) is 5.75 Å². The van der Waals surface area contributed by atoms with E-state index in [-0.39, 0.29) is 17.1 Å². The zero-order chi connectivity index (χ0) is 23.5. The van der Waals surface area contributed by atoms with Gasteiger partial charge < -0.3 is 4.74 Å². The Balaban J connectivity index is 1.57. The number of carbonyl (C=O) groups is 1. The summed E-state index contributed by atoms with van der Waals surface area (Å²) < 4.78 is 6.77. The van der Waals surface area contributed by atoms with Gasteiger partial charge in [0.15, 0.2) is 10.9 Å². The van der Waals surface area contributed by atoms with E-state index in [4.69, 9.17) is 9.72 Å². The van der Waals surface area contributed by atoms with Crippen LogP contribution < -0.4 is 10.3 Å². The predicted octanol–water partition coefficient (Wildman–Crippen LogP) is 6.10. The van der Waals surface area contributed by atoms with Crippen molar-refractivity contribution >= 4 is 39.1 Å². The lowest BCUT2D eigenvalue weighted by Gasteiger charge is -2.12. The number of fused-ring (bicyclic) bond motifs is 1. The van der Waals surface area contributed by atoms with Crippen molar-refractivity contribution in [1.29, 1.82) is 0 Å². The third-order valence-corrected chi connectivity index (χ3v) is 7.23. The third kappa shape index (κ3) is 4.27. The van der Waals surface area contributed by atoms with Crippen molar-refractivity contribution in [3.05, 3.63) is 106 Å². The SMILES string of the molecule is COc1ccc(C(=O)CSc2nc3scc(-c4ccccc4)c3c(=O)n2-c2ccccc2)cc1. The van der Waals surface area contributed by atoms with Gasteiger partial charge in [-0.3, -0.25) is 14.2 Å². The summed E-state index contributed by atoms with van der Waals surface area (Å²) in [6, 6.07) is 26.3. The molecule has 0 saturated heterocycles. The Labute approximate surface area is 204 Å². The van der Waals surface area contributed by atoms with Gasteiger partial charge in [-0.1, -0.05) is 60.3 Å². The average Bonchev–Trinajstić information content (AvgIpc) is 3.33. The van der Waals surface area contributed by atoms with Crippen molar-refractivity contribution in [2.45, 2.75) is 5.16 Å². The first kappa shape index (κ1) is 22.1. The number of hydrogen-bond donors (Lipinski definition) is 0. The monoisotopic (exact) mass is 484 g/mol. The summed E-state index contributed by atoms with van der Waals surface area (Å²) in [6.07, 6.45) is 0. The van der Waals surface area contributed by atoms with E-state index in [2.05, 4.69) is 0 Å². The van der Waals surface area contributed by atoms with Gasteiger partial charge in [0.05, 0.1) is 23.9 Å². The Hall–Kier alpha value is -3.68. The largest absolute Gasteiger partial charge is 0.497 e. The lowest BCUT2D eigenvalue weighted by molar-refractivity contribution is 0.102. The summed E-state index contributed by atoms with van der Waals surface area (Å²) >= 11 is 2.71. The molecule has 168 valence electrons. The molecule has 0 amide bonds. The number of carbonyl (C=O) groups excluding carboxylic acids is 1. The van der Waals surface area contributed by atoms with Crippen molar-refractivity contribution in [1.82, 2.24) is 9.55 Å². The van der Waals surface area contributed by atoms with Crippen LogP contribution in [0.3, 0.4) is 0 Å². The van der Waals surface area contributed by atoms with Crippen LogP contribution in [0.15, 0.2) is 100 Å². The summed E-state index contributed by atoms with van der Waals surface area (Å²) in [5.74, 6) is 0.813. The molecule has 0 spiro atoms. The van der Waals surface area contributed by atoms with E-state index in [0.717, 1.165) is 11.1 Å². The van der Waals surface area contributed by atoms with Crippen molar-refractivity contribution in [3.63, 3.8) is 0 Å². The number of thioether (sulfide) groups is 1. The standard InChI is InChI=1S/C27H20N2O3S2/c1-32-21-14-12-19(13-15-21)23(30)17-34-27-28-25-24(22(16-33-25)18-8-4-2-5-9-18)26(31)29(27)20-10-6-3-7-11-20/h2-16H,17H2,1H3. The summed E-state index contributed by atoms with van der Waals surface area (Å²) in [4.78, 5) is 32.1. The summed E-state index contributed by atoms with van der Waals surface area (Å²) in [5.41, 5.74) is 3.00. The van der Waals surface area contributed by atoms with Crippen LogP contribution in [-0.2, 0) is 0 Å². The molecule has 0 aliphatic heterocycles. The van der Waals surface area contributed by atoms with E-state index < -0.39 is 0 Å². The molecule has 0 aliphatic rings. The van der Waals surface area contributed by atoms with Gasteiger partial charge in [0.25, 0.3) is 5.56 Å². The second-order valence-electron chi connectivity index (χ2n) is 7.51. The normalized spacial score (nSPS) is 11.0. The van der Waals surface area contributed by atoms with Crippen LogP contribution in [0.2, 0.25) is 0 Å². The molecule has 0 radical (unpaired) electrons. The highest BCUT2D eigenvalue weighted by Crippen LogP contribution is 2.33. The van der Waals surface area contributed by atoms with Gasteiger partial charge in [-0.15, -0.1) is 11.3 Å². The van der Waals surface area contributed by atoms with Gasteiger partial charge in [0.2, 0.25) is 0 Å². The van der Waals surface area contributed by atoms with Crippen LogP contribution in [0.1, 0.15) is 10.4 Å². The van der Waals surface area contributed by atoms with Gasteiger partial charge in [0, 0.05) is 16.5 Å². The van der Waals surface area contributed by atoms with Gasteiger partial charge in [0.1, 0.15) is 10.6 Å². The van der Waals surface area contributed by atoms with E-state index in [1.807, 2.05) is 66.0 Å². The van der Waals surface area contributed by atoms with E-state index in [0.29, 0.717) is 32.4 Å². The molecule has 0 atom stereocenters. The molecule has 34 heavy (non-hydrogen) atoms. The average molecular weight is 485 g/mol. The number of aromatic nitrogens is 2. The fourth-order valence-electron chi connectivity index (χ4n) is 3.69. The maximum Gasteiger partial charge on any atom is 0.268 e. The Bertz CT molecular complexity index is 1510. The van der Waals surface area contributed by atoms with Crippen molar-refractivity contribution in [3.8, 4) is 22.6 Å². The van der Waals surface area contributed by atoms with Crippen molar-refractivity contribution in [2.75, 3.05) is 12.9 Å². The predicted molar refractivity (Wildman–Crippen MR) is 139 cm³/mol. The fraction of sp³-hybridized carbons (Fsp3) is 0.0741. The molecule has 5 aromatic rings. The molecule has 3 aromatic carbocycles. The van der Waals surface area contributed by atoms with Gasteiger partial charge in [-0.25, -0.2) is 4.98 Å². The van der Waals surface area contributed by atoms with Crippen LogP contribution in [-0.4, -0.2) is 28.2 Å². The van der Waals surface area contributed by atoms with E-state index in [1.54, 1.807) is 35.9 Å². The number of ether oxygens (including phenoxy) is 1. The first-order valence-electron chi connectivity index (χ1n) is 10.6. The molecule has 0 N–H and O–H groups in total. The molecule has 2 heterocycles. The Morgan fingerprint density at radius 2 is 1.65 bits per heavy atom. The highest BCUT2D eigenvalue weighted by molar-refractivity contribution is 7.99. The van der Waals surface area contributed by atoms with Crippen LogP contribution >= 0.6 is 23.1 Å². The summed E-state index contributed by atoms with van der Waals surface area (Å²) in [6.45, 7) is 0. The van der Waals surface area contributed by atoms with Gasteiger partial charge >= 0.3 is 0 Å². The summed E-state index contributed by atoms with van der Waals surface area (Å²) in [7, 11) is 1.59. The van der Waals surface area contributed by atoms with Gasteiger partial charge in [-0.05, 0) is 42.0 Å². The molecule has 5 rings (SSSR count). The number of para-hydroxylation sites is 1. The third-order valence-electron chi connectivity index (χ3n) is 5.42. The fourth-order valence-corrected chi connectivity index (χ4v) is 5.59. The first-order valence-corrected chi connectivity index (χ1v) is 12.5. The van der Waals surface area contributed by atoms with Crippen LogP contribution in [0.25, 0.3) is 27.0 Å². The second-order valence-corrected chi connectivity index (χ2v) is 9.31. The van der Waals surface area contributed by atoms with Crippen LogP contribution in [0.4, 0.5) is 0 Å². The number of hydrogen-bond acceptors (Lipinski definition) is 6. The number of Topliss-reactive ketones (excluding diaryl/α,β-unsaturated/α-hetero) is 1. The topological polar surface area (TPSA) is 61.2 Å². The molecule has 0 unspecified atom stereocenters. The molecule has 5 nitrogen and oxygen atoms in total. The number of thiophene rings is 1. The quantitative estimate of drug-likeness (QED) is 0.159. The number of benzene rings is 3.